The van der Waals surface area contributed by atoms with Gasteiger partial charge in [0.15, 0.2) is 18.2 Å². The van der Waals surface area contributed by atoms with Crippen molar-refractivity contribution in [2.24, 2.45) is 0 Å². The highest BCUT2D eigenvalue weighted by Gasteiger charge is 2.30. The summed E-state index contributed by atoms with van der Waals surface area (Å²) in [6.45, 7) is -0.277. The van der Waals surface area contributed by atoms with Crippen molar-refractivity contribution in [1.29, 1.82) is 0 Å². The molecule has 0 saturated heterocycles. The van der Waals surface area contributed by atoms with Gasteiger partial charge in [-0.3, -0.25) is 0 Å². The molecular formula is C29H24F4O4S. The minimum absolute atomic E-state index is 0.132. The molecule has 0 aliphatic rings. The summed E-state index contributed by atoms with van der Waals surface area (Å²) in [4.78, 5) is 12.4. The lowest BCUT2D eigenvalue weighted by atomic mass is 10.0. The van der Waals surface area contributed by atoms with Crippen molar-refractivity contribution >= 4 is 17.3 Å². The minimum atomic E-state index is -4.39. The topological polar surface area (TPSA) is 55.8 Å². The zero-order chi connectivity index (χ0) is 27.1. The molecule has 9 heteroatoms. The Bertz CT molecular complexity index is 1350. The smallest absolute Gasteiger partial charge is 0.416 e. The van der Waals surface area contributed by atoms with E-state index in [4.69, 9.17) is 14.6 Å². The molecule has 0 fully saturated rings. The Morgan fingerprint density at radius 1 is 0.921 bits per heavy atom. The van der Waals surface area contributed by atoms with Crippen molar-refractivity contribution in [2.75, 3.05) is 6.61 Å². The fraction of sp³-hybridized carbons (Fsp3) is 0.207. The lowest BCUT2D eigenvalue weighted by Gasteiger charge is -2.17. The van der Waals surface area contributed by atoms with Crippen LogP contribution in [0.1, 0.15) is 34.1 Å². The van der Waals surface area contributed by atoms with E-state index < -0.39 is 30.1 Å². The lowest BCUT2D eigenvalue weighted by Crippen LogP contribution is -2.10. The second-order valence-electron chi connectivity index (χ2n) is 8.55. The zero-order valence-electron chi connectivity index (χ0n) is 20.1. The summed E-state index contributed by atoms with van der Waals surface area (Å²) < 4.78 is 64.4. The molecule has 4 nitrogen and oxygen atoms in total. The fourth-order valence-corrected chi connectivity index (χ4v) is 4.93. The van der Waals surface area contributed by atoms with Crippen LogP contribution in [0.15, 0.2) is 84.9 Å². The summed E-state index contributed by atoms with van der Waals surface area (Å²) in [7, 11) is 0. The van der Waals surface area contributed by atoms with E-state index in [0.29, 0.717) is 30.6 Å². The first-order valence-electron chi connectivity index (χ1n) is 11.7. The van der Waals surface area contributed by atoms with Crippen molar-refractivity contribution in [3.63, 3.8) is 0 Å². The van der Waals surface area contributed by atoms with Gasteiger partial charge in [0.05, 0.1) is 18.3 Å². The van der Waals surface area contributed by atoms with E-state index >= 15 is 0 Å². The van der Waals surface area contributed by atoms with Gasteiger partial charge in [-0.2, -0.15) is 13.2 Å². The Balaban J connectivity index is 1.49. The molecule has 0 bridgehead atoms. The predicted molar refractivity (Wildman–Crippen MR) is 137 cm³/mol. The number of halogens is 4. The highest BCUT2D eigenvalue weighted by Crippen LogP contribution is 2.37. The third kappa shape index (κ3) is 7.43. The largest absolute Gasteiger partial charge is 0.479 e. The minimum Gasteiger partial charge on any atom is -0.479 e. The Hall–Kier alpha value is -3.69. The number of benzene rings is 3. The van der Waals surface area contributed by atoms with Crippen LogP contribution in [0, 0.1) is 5.82 Å². The van der Waals surface area contributed by atoms with Crippen molar-refractivity contribution in [1.82, 2.24) is 0 Å². The summed E-state index contributed by atoms with van der Waals surface area (Å²) in [5, 5.41) is 8.72. The third-order valence-corrected chi connectivity index (χ3v) is 7.00. The van der Waals surface area contributed by atoms with Gasteiger partial charge in [0.1, 0.15) is 0 Å². The molecule has 4 rings (SSSR count). The van der Waals surface area contributed by atoms with Gasteiger partial charge in [0, 0.05) is 9.75 Å². The number of hydrogen-bond acceptors (Lipinski definition) is 4. The van der Waals surface area contributed by atoms with Crippen LogP contribution in [0.3, 0.4) is 0 Å². The molecule has 1 aromatic heterocycles. The first-order valence-corrected chi connectivity index (χ1v) is 12.6. The molecule has 0 amide bonds. The lowest BCUT2D eigenvalue weighted by molar-refractivity contribution is -0.139. The monoisotopic (exact) mass is 544 g/mol. The van der Waals surface area contributed by atoms with Crippen LogP contribution in [0.25, 0.3) is 10.4 Å². The molecule has 4 aromatic rings. The Morgan fingerprint density at radius 2 is 1.66 bits per heavy atom. The van der Waals surface area contributed by atoms with Crippen molar-refractivity contribution in [2.45, 2.75) is 31.7 Å². The number of carboxylic acids is 1. The number of carbonyl (C=O) groups is 1. The van der Waals surface area contributed by atoms with Crippen LogP contribution in [0.2, 0.25) is 0 Å². The molecule has 0 aliphatic carbocycles. The van der Waals surface area contributed by atoms with E-state index in [2.05, 4.69) is 0 Å². The van der Waals surface area contributed by atoms with Gasteiger partial charge in [-0.25, -0.2) is 9.18 Å². The SMILES string of the molecule is O=C(O)COc1ccc(CCC(OCc2ccccc2)c2ccc(-c3ccc(C(F)(F)F)cc3)s2)cc1F. The summed E-state index contributed by atoms with van der Waals surface area (Å²) >= 11 is 1.44. The van der Waals surface area contributed by atoms with Crippen LogP contribution in [0.4, 0.5) is 17.6 Å². The van der Waals surface area contributed by atoms with Crippen LogP contribution >= 0.6 is 11.3 Å². The number of aliphatic carboxylic acids is 1. The Morgan fingerprint density at radius 3 is 2.32 bits per heavy atom. The van der Waals surface area contributed by atoms with Gasteiger partial charge in [0.2, 0.25) is 0 Å². The second-order valence-corrected chi connectivity index (χ2v) is 9.66. The quantitative estimate of drug-likeness (QED) is 0.195. The van der Waals surface area contributed by atoms with Gasteiger partial charge >= 0.3 is 12.1 Å². The molecule has 1 atom stereocenters. The van der Waals surface area contributed by atoms with Gasteiger partial charge < -0.3 is 14.6 Å². The molecule has 1 N–H and O–H groups in total. The van der Waals surface area contributed by atoms with E-state index in [0.717, 1.165) is 27.5 Å². The van der Waals surface area contributed by atoms with Gasteiger partial charge in [-0.1, -0.05) is 48.5 Å². The number of thiophene rings is 1. The number of hydrogen-bond donors (Lipinski definition) is 1. The fourth-order valence-electron chi connectivity index (χ4n) is 3.84. The molecule has 0 radical (unpaired) electrons. The summed E-state index contributed by atoms with van der Waals surface area (Å²) in [5.41, 5.74) is 1.66. The average Bonchev–Trinajstić information content (AvgIpc) is 3.38. The van der Waals surface area contributed by atoms with E-state index in [1.165, 1.54) is 35.6 Å². The summed E-state index contributed by atoms with van der Waals surface area (Å²) in [5.74, 6) is -1.97. The van der Waals surface area contributed by atoms with Crippen LogP contribution in [0.5, 0.6) is 5.75 Å². The molecule has 1 heterocycles. The van der Waals surface area contributed by atoms with Gasteiger partial charge in [0.25, 0.3) is 0 Å². The molecular weight excluding hydrogens is 520 g/mol. The van der Waals surface area contributed by atoms with E-state index in [1.807, 2.05) is 42.5 Å². The highest BCUT2D eigenvalue weighted by atomic mass is 32.1. The Labute approximate surface area is 221 Å². The molecule has 38 heavy (non-hydrogen) atoms. The first-order chi connectivity index (χ1) is 18.2. The maximum Gasteiger partial charge on any atom is 0.416 e. The second kappa shape index (κ2) is 12.2. The zero-order valence-corrected chi connectivity index (χ0v) is 20.9. The molecule has 0 spiro atoms. The number of carboxylic acid groups (broad SMARTS) is 1. The number of ether oxygens (including phenoxy) is 2. The molecule has 198 valence electrons. The Kier molecular flexibility index (Phi) is 8.81. The predicted octanol–water partition coefficient (Wildman–Crippen LogP) is 7.93. The first kappa shape index (κ1) is 27.3. The summed E-state index contributed by atoms with van der Waals surface area (Å²) in [6, 6.07) is 22.8. The third-order valence-electron chi connectivity index (χ3n) is 5.78. The van der Waals surface area contributed by atoms with Crippen LogP contribution in [-0.4, -0.2) is 17.7 Å². The molecule has 0 saturated carbocycles. The van der Waals surface area contributed by atoms with Crippen molar-refractivity contribution in [3.8, 4) is 16.2 Å². The summed E-state index contributed by atoms with van der Waals surface area (Å²) in [6.07, 6.45) is -3.73. The normalized spacial score (nSPS) is 12.3. The maximum atomic E-state index is 14.4. The number of rotatable bonds is 11. The molecule has 3 aromatic carbocycles. The van der Waals surface area contributed by atoms with Crippen LogP contribution < -0.4 is 4.74 Å². The van der Waals surface area contributed by atoms with Crippen LogP contribution in [-0.2, 0) is 28.7 Å². The van der Waals surface area contributed by atoms with E-state index in [1.54, 1.807) is 6.07 Å². The molecule has 1 unspecified atom stereocenters. The molecule has 0 aliphatic heterocycles. The van der Waals surface area contributed by atoms with Crippen molar-refractivity contribution < 1.29 is 36.9 Å². The van der Waals surface area contributed by atoms with E-state index in [9.17, 15) is 22.4 Å². The maximum absolute atomic E-state index is 14.4. The van der Waals surface area contributed by atoms with E-state index in [-0.39, 0.29) is 11.9 Å². The highest BCUT2D eigenvalue weighted by molar-refractivity contribution is 7.15. The van der Waals surface area contributed by atoms with Gasteiger partial charge in [-0.15, -0.1) is 11.3 Å². The number of alkyl halides is 3. The van der Waals surface area contributed by atoms with Gasteiger partial charge in [-0.05, 0) is 65.9 Å². The average molecular weight is 545 g/mol. The number of aryl methyl sites for hydroxylation is 1. The standard InChI is InChI=1S/C29H24F4O4S/c30-23-16-19(6-12-24(23)37-18-28(34)35)7-13-25(36-17-20-4-2-1-3-5-20)27-15-14-26(38-27)21-8-10-22(11-9-21)29(31,32)33/h1-6,8-12,14-16,25H,7,13,17-18H2,(H,34,35). The van der Waals surface area contributed by atoms with Crippen molar-refractivity contribution in [3.05, 3.63) is 112 Å².